The molecule has 2 aromatic carbocycles. The van der Waals surface area contributed by atoms with Crippen molar-refractivity contribution in [2.45, 2.75) is 40.2 Å². The molecule has 8 heteroatoms. The molecular formula is C27H27N7O. The fraction of sp³-hybridized carbons (Fsp3) is 0.222. The van der Waals surface area contributed by atoms with Gasteiger partial charge in [0.2, 0.25) is 5.82 Å². The Morgan fingerprint density at radius 2 is 1.74 bits per heavy atom. The Morgan fingerprint density at radius 1 is 0.971 bits per heavy atom. The van der Waals surface area contributed by atoms with Crippen LogP contribution in [0.2, 0.25) is 0 Å². The van der Waals surface area contributed by atoms with Crippen molar-refractivity contribution in [3.05, 3.63) is 99.9 Å². The average Bonchev–Trinajstić information content (AvgIpc) is 3.50. The predicted octanol–water partition coefficient (Wildman–Crippen LogP) is 4.50. The molecule has 3 heterocycles. The Balaban J connectivity index is 1.49. The molecule has 0 aliphatic rings. The van der Waals surface area contributed by atoms with E-state index < -0.39 is 0 Å². The standard InChI is InChI=1S/C27H27N7O/c1-4-7-22-17-34(25-18(2)8-5-9-19(25)3)27(35)33(22)16-20-11-13-21(14-12-20)23-10-6-15-28-24(23)26-29-31-32-30-26/h5-6,8-15,17H,4,7,16H2,1-3H3,(H,29,30,31,32). The lowest BCUT2D eigenvalue weighted by molar-refractivity contribution is 0.691. The van der Waals surface area contributed by atoms with Crippen molar-refractivity contribution in [3.63, 3.8) is 0 Å². The number of aromatic nitrogens is 7. The van der Waals surface area contributed by atoms with E-state index in [2.05, 4.69) is 44.7 Å². The number of para-hydroxylation sites is 1. The summed E-state index contributed by atoms with van der Waals surface area (Å²) in [4.78, 5) is 18.0. The highest BCUT2D eigenvalue weighted by Gasteiger charge is 2.16. The number of tetrazole rings is 1. The van der Waals surface area contributed by atoms with Gasteiger partial charge >= 0.3 is 5.69 Å². The molecule has 0 bridgehead atoms. The van der Waals surface area contributed by atoms with Gasteiger partial charge in [0.1, 0.15) is 5.69 Å². The average molecular weight is 466 g/mol. The third-order valence-electron chi connectivity index (χ3n) is 6.22. The lowest BCUT2D eigenvalue weighted by Gasteiger charge is -2.10. The van der Waals surface area contributed by atoms with E-state index in [0.29, 0.717) is 18.1 Å². The van der Waals surface area contributed by atoms with Gasteiger partial charge in [-0.25, -0.2) is 4.79 Å². The largest absolute Gasteiger partial charge is 0.333 e. The van der Waals surface area contributed by atoms with Gasteiger partial charge in [-0.05, 0) is 53.8 Å². The zero-order chi connectivity index (χ0) is 24.4. The molecule has 5 rings (SSSR count). The molecule has 0 unspecified atom stereocenters. The summed E-state index contributed by atoms with van der Waals surface area (Å²) in [6.45, 7) is 6.74. The first-order valence-electron chi connectivity index (χ1n) is 11.7. The third-order valence-corrected chi connectivity index (χ3v) is 6.22. The quantitative estimate of drug-likeness (QED) is 0.382. The van der Waals surface area contributed by atoms with Crippen molar-refractivity contribution in [3.8, 4) is 28.3 Å². The number of pyridine rings is 1. The van der Waals surface area contributed by atoms with Crippen LogP contribution in [0.1, 0.15) is 35.7 Å². The summed E-state index contributed by atoms with van der Waals surface area (Å²) in [6, 6.07) is 18.2. The second-order valence-corrected chi connectivity index (χ2v) is 8.68. The van der Waals surface area contributed by atoms with E-state index in [9.17, 15) is 4.79 Å². The predicted molar refractivity (Wildman–Crippen MR) is 135 cm³/mol. The van der Waals surface area contributed by atoms with Crippen LogP contribution < -0.4 is 5.69 Å². The van der Waals surface area contributed by atoms with Gasteiger partial charge in [-0.3, -0.25) is 14.1 Å². The number of nitrogens with zero attached hydrogens (tertiary/aromatic N) is 6. The first-order valence-corrected chi connectivity index (χ1v) is 11.7. The lowest BCUT2D eigenvalue weighted by atomic mass is 10.0. The number of hydrogen-bond acceptors (Lipinski definition) is 5. The SMILES string of the molecule is CCCc1cn(-c2c(C)cccc2C)c(=O)n1Cc1ccc(-c2cccnc2-c2nn[nH]n2)cc1. The van der Waals surface area contributed by atoms with Crippen LogP contribution in [0.25, 0.3) is 28.3 Å². The number of H-pyrrole nitrogens is 1. The van der Waals surface area contributed by atoms with Crippen LogP contribution in [0.5, 0.6) is 0 Å². The van der Waals surface area contributed by atoms with Crippen molar-refractivity contribution >= 4 is 0 Å². The number of hydrogen-bond donors (Lipinski definition) is 1. The van der Waals surface area contributed by atoms with E-state index >= 15 is 0 Å². The van der Waals surface area contributed by atoms with Gasteiger partial charge in [0.25, 0.3) is 0 Å². The lowest BCUT2D eigenvalue weighted by Crippen LogP contribution is -2.25. The van der Waals surface area contributed by atoms with E-state index in [-0.39, 0.29) is 5.69 Å². The Kier molecular flexibility index (Phi) is 6.10. The Bertz CT molecular complexity index is 1490. The minimum Gasteiger partial charge on any atom is -0.292 e. The van der Waals surface area contributed by atoms with E-state index in [0.717, 1.165) is 52.0 Å². The summed E-state index contributed by atoms with van der Waals surface area (Å²) in [6.07, 6.45) is 5.53. The van der Waals surface area contributed by atoms with Gasteiger partial charge < -0.3 is 0 Å². The molecule has 0 amide bonds. The molecule has 0 fully saturated rings. The van der Waals surface area contributed by atoms with Gasteiger partial charge in [-0.2, -0.15) is 5.21 Å². The Hall–Kier alpha value is -4.33. The second kappa shape index (κ2) is 9.50. The molecule has 1 N–H and O–H groups in total. The summed E-state index contributed by atoms with van der Waals surface area (Å²) in [5, 5.41) is 14.3. The minimum atomic E-state index is -0.0124. The zero-order valence-electron chi connectivity index (χ0n) is 20.1. The van der Waals surface area contributed by atoms with E-state index in [1.165, 1.54) is 0 Å². The molecule has 0 atom stereocenters. The molecule has 0 saturated heterocycles. The van der Waals surface area contributed by atoms with Gasteiger partial charge in [0.05, 0.1) is 12.2 Å². The van der Waals surface area contributed by atoms with E-state index in [4.69, 9.17) is 0 Å². The molecule has 5 aromatic rings. The van der Waals surface area contributed by atoms with Crippen LogP contribution in [0.4, 0.5) is 0 Å². The minimum absolute atomic E-state index is 0.0124. The highest BCUT2D eigenvalue weighted by atomic mass is 16.1. The topological polar surface area (TPSA) is 94.3 Å². The maximum Gasteiger partial charge on any atom is 0.333 e. The zero-order valence-corrected chi connectivity index (χ0v) is 20.1. The monoisotopic (exact) mass is 465 g/mol. The normalized spacial score (nSPS) is 11.2. The molecule has 0 spiro atoms. The maximum atomic E-state index is 13.5. The maximum absolute atomic E-state index is 13.5. The first kappa shape index (κ1) is 22.5. The third kappa shape index (κ3) is 4.30. The van der Waals surface area contributed by atoms with Crippen LogP contribution in [0.3, 0.4) is 0 Å². The van der Waals surface area contributed by atoms with E-state index in [1.807, 2.05) is 67.1 Å². The molecule has 0 saturated carbocycles. The smallest absolute Gasteiger partial charge is 0.292 e. The summed E-state index contributed by atoms with van der Waals surface area (Å²) < 4.78 is 3.69. The number of nitrogens with one attached hydrogen (secondary N) is 1. The van der Waals surface area contributed by atoms with Crippen molar-refractivity contribution in [2.75, 3.05) is 0 Å². The number of aromatic amines is 1. The molecule has 176 valence electrons. The molecular weight excluding hydrogens is 438 g/mol. The number of rotatable bonds is 7. The van der Waals surface area contributed by atoms with Crippen LogP contribution in [-0.2, 0) is 13.0 Å². The molecule has 0 radical (unpaired) electrons. The van der Waals surface area contributed by atoms with Gasteiger partial charge in [-0.1, -0.05) is 61.9 Å². The number of aryl methyl sites for hydroxylation is 3. The van der Waals surface area contributed by atoms with Crippen LogP contribution >= 0.6 is 0 Å². The molecule has 0 aliphatic heterocycles. The summed E-state index contributed by atoms with van der Waals surface area (Å²) in [5.41, 5.74) is 7.81. The molecule has 8 nitrogen and oxygen atoms in total. The van der Waals surface area contributed by atoms with Gasteiger partial charge in [0, 0.05) is 23.7 Å². The molecule has 3 aromatic heterocycles. The van der Waals surface area contributed by atoms with Crippen molar-refractivity contribution in [2.24, 2.45) is 0 Å². The van der Waals surface area contributed by atoms with Gasteiger partial charge in [0.15, 0.2) is 0 Å². The van der Waals surface area contributed by atoms with Gasteiger partial charge in [-0.15, -0.1) is 10.2 Å². The fourth-order valence-corrected chi connectivity index (χ4v) is 4.55. The fourth-order valence-electron chi connectivity index (χ4n) is 4.55. The number of imidazole rings is 1. The van der Waals surface area contributed by atoms with Crippen LogP contribution in [-0.4, -0.2) is 34.7 Å². The Labute approximate surface area is 203 Å². The highest BCUT2D eigenvalue weighted by molar-refractivity contribution is 5.77. The summed E-state index contributed by atoms with van der Waals surface area (Å²) in [5.74, 6) is 0.452. The van der Waals surface area contributed by atoms with Crippen molar-refractivity contribution in [1.29, 1.82) is 0 Å². The molecule has 35 heavy (non-hydrogen) atoms. The Morgan fingerprint density at radius 3 is 2.43 bits per heavy atom. The van der Waals surface area contributed by atoms with Crippen LogP contribution in [0.15, 0.2) is 71.8 Å². The molecule has 0 aliphatic carbocycles. The summed E-state index contributed by atoms with van der Waals surface area (Å²) >= 11 is 0. The van der Waals surface area contributed by atoms with Crippen molar-refractivity contribution in [1.82, 2.24) is 34.7 Å². The van der Waals surface area contributed by atoms with Crippen molar-refractivity contribution < 1.29 is 0 Å². The second-order valence-electron chi connectivity index (χ2n) is 8.68. The van der Waals surface area contributed by atoms with E-state index in [1.54, 1.807) is 10.8 Å². The summed E-state index contributed by atoms with van der Waals surface area (Å²) in [7, 11) is 0. The number of benzene rings is 2. The highest BCUT2D eigenvalue weighted by Crippen LogP contribution is 2.28. The first-order chi connectivity index (χ1) is 17.1. The van der Waals surface area contributed by atoms with Crippen LogP contribution in [0, 0.1) is 13.8 Å².